The number of aromatic amines is 1. The minimum Gasteiger partial charge on any atom is -0.453 e. The number of carbonyl (C=O) groups excluding carboxylic acids is 2. The highest BCUT2D eigenvalue weighted by atomic mass is 16.7. The summed E-state index contributed by atoms with van der Waals surface area (Å²) in [5.74, 6) is 0.477. The summed E-state index contributed by atoms with van der Waals surface area (Å²) in [5.41, 5.74) is 2.95. The normalized spacial score (nSPS) is 20.4. The second-order valence-corrected chi connectivity index (χ2v) is 10.5. The molecule has 1 unspecified atom stereocenters. The number of imidazole rings is 1. The molecule has 2 aliphatic heterocycles. The molecule has 2 fully saturated rings. The van der Waals surface area contributed by atoms with Crippen molar-refractivity contribution in [2.75, 3.05) is 13.7 Å². The van der Waals surface area contributed by atoms with Crippen LogP contribution in [-0.4, -0.2) is 58.8 Å². The van der Waals surface area contributed by atoms with Gasteiger partial charge in [0.05, 0.1) is 36.2 Å². The number of amides is 2. The standard InChI is InChI=1S/C26H35BN4O5/c1-16(2)21(30-24(33)34-7)23(32)31-14-8-9-20(31)22-28-15-19(29-22)17-10-12-18(13-11-17)27-35-25(3,4)26(5,6)36-27/h10-13,15,20H,8-9,14H2,1-7H3,(H,28,29)(H,30,33). The molecule has 2 aliphatic rings. The molecule has 2 N–H and O–H groups in total. The Hall–Kier alpha value is -3.11. The van der Waals surface area contributed by atoms with Crippen molar-refractivity contribution in [3.05, 3.63) is 47.6 Å². The summed E-state index contributed by atoms with van der Waals surface area (Å²) in [4.78, 5) is 34.8. The van der Waals surface area contributed by atoms with Crippen molar-refractivity contribution in [2.45, 2.75) is 71.6 Å². The van der Waals surface area contributed by atoms with Gasteiger partial charge in [-0.05, 0) is 71.0 Å². The fourth-order valence-electron chi connectivity index (χ4n) is 4.43. The van der Waals surface area contributed by atoms with Crippen molar-refractivity contribution < 1.29 is 23.6 Å². The van der Waals surface area contributed by atoms with Crippen LogP contribution in [0.3, 0.4) is 0 Å². The van der Waals surface area contributed by atoms with E-state index in [-0.39, 0.29) is 17.6 Å². The fraction of sp³-hybridized carbons (Fsp3) is 0.500. The van der Waals surface area contributed by atoms with Crippen molar-refractivity contribution in [1.82, 2.24) is 20.2 Å². The van der Waals surface area contributed by atoms with Gasteiger partial charge in [0, 0.05) is 6.54 Å². The minimum absolute atomic E-state index is 0.205. The first-order valence-electron chi connectivity index (χ1n) is 12.3. The maximum atomic E-state index is 13.3. The molecule has 2 saturated heterocycles. The molecule has 1 aromatic carbocycles. The molecular weight excluding hydrogens is 459 g/mol. The van der Waals surface area contributed by atoms with E-state index in [1.54, 1.807) is 24.9 Å². The van der Waals surface area contributed by atoms with Crippen LogP contribution in [0.2, 0.25) is 0 Å². The van der Waals surface area contributed by atoms with Crippen molar-refractivity contribution in [3.63, 3.8) is 0 Å². The number of hydrogen-bond donors (Lipinski definition) is 2. The Morgan fingerprint density at radius 3 is 2.36 bits per heavy atom. The molecule has 9 nitrogen and oxygen atoms in total. The summed E-state index contributed by atoms with van der Waals surface area (Å²) in [5, 5.41) is 2.56. The largest absolute Gasteiger partial charge is 0.494 e. The molecule has 2 amide bonds. The van der Waals surface area contributed by atoms with Gasteiger partial charge in [-0.3, -0.25) is 10.1 Å². The number of nitrogens with zero attached hydrogens (tertiary/aromatic N) is 2. The summed E-state index contributed by atoms with van der Waals surface area (Å²) in [6.07, 6.45) is 2.76. The first-order valence-corrected chi connectivity index (χ1v) is 12.3. The van der Waals surface area contributed by atoms with Crippen LogP contribution in [-0.2, 0) is 18.8 Å². The summed E-state index contributed by atoms with van der Waals surface area (Å²) in [6, 6.07) is 7.82. The third kappa shape index (κ3) is 4.92. The number of H-pyrrole nitrogens is 1. The molecule has 0 aliphatic carbocycles. The first kappa shape index (κ1) is 26.0. The van der Waals surface area contributed by atoms with Crippen molar-refractivity contribution in [1.29, 1.82) is 0 Å². The molecule has 192 valence electrons. The van der Waals surface area contributed by atoms with Gasteiger partial charge in [-0.15, -0.1) is 0 Å². The fourth-order valence-corrected chi connectivity index (χ4v) is 4.43. The van der Waals surface area contributed by atoms with Gasteiger partial charge in [-0.2, -0.15) is 0 Å². The SMILES string of the molecule is COC(=O)NC(C(=O)N1CCCC1c1ncc(-c2ccc(B3OC(C)(C)C(C)(C)O3)cc2)[nH]1)=C(C)C. The lowest BCUT2D eigenvalue weighted by Gasteiger charge is -2.32. The number of carbonyl (C=O) groups is 2. The van der Waals surface area contributed by atoms with Gasteiger partial charge in [-0.1, -0.05) is 24.3 Å². The lowest BCUT2D eigenvalue weighted by molar-refractivity contribution is -0.128. The molecule has 1 atom stereocenters. The predicted molar refractivity (Wildman–Crippen MR) is 137 cm³/mol. The van der Waals surface area contributed by atoms with Crippen LogP contribution >= 0.6 is 0 Å². The average molecular weight is 494 g/mol. The summed E-state index contributed by atoms with van der Waals surface area (Å²) < 4.78 is 17.0. The molecule has 0 saturated carbocycles. The number of benzene rings is 1. The zero-order chi connectivity index (χ0) is 26.3. The number of hydrogen-bond acceptors (Lipinski definition) is 6. The molecule has 0 bridgehead atoms. The Morgan fingerprint density at radius 2 is 1.78 bits per heavy atom. The second kappa shape index (κ2) is 9.74. The predicted octanol–water partition coefficient (Wildman–Crippen LogP) is 3.69. The number of likely N-dealkylation sites (tertiary alicyclic amines) is 1. The van der Waals surface area contributed by atoms with Gasteiger partial charge in [0.2, 0.25) is 0 Å². The van der Waals surface area contributed by atoms with Crippen LogP contribution in [0.25, 0.3) is 11.3 Å². The molecule has 1 aromatic heterocycles. The first-order chi connectivity index (χ1) is 16.9. The van der Waals surface area contributed by atoms with E-state index < -0.39 is 24.4 Å². The second-order valence-electron chi connectivity index (χ2n) is 10.5. The lowest BCUT2D eigenvalue weighted by Crippen LogP contribution is -2.41. The zero-order valence-corrected chi connectivity index (χ0v) is 22.1. The topological polar surface area (TPSA) is 106 Å². The van der Waals surface area contributed by atoms with E-state index in [0.717, 1.165) is 35.4 Å². The smallest absolute Gasteiger partial charge is 0.453 e. The third-order valence-electron chi connectivity index (χ3n) is 7.30. The van der Waals surface area contributed by atoms with E-state index >= 15 is 0 Å². The Bertz CT molecular complexity index is 1150. The van der Waals surface area contributed by atoms with Crippen LogP contribution in [0.5, 0.6) is 0 Å². The number of ether oxygens (including phenoxy) is 1. The van der Waals surface area contributed by atoms with E-state index in [0.29, 0.717) is 12.1 Å². The van der Waals surface area contributed by atoms with Gasteiger partial charge >= 0.3 is 13.2 Å². The highest BCUT2D eigenvalue weighted by Crippen LogP contribution is 2.37. The van der Waals surface area contributed by atoms with Gasteiger partial charge in [0.15, 0.2) is 0 Å². The van der Waals surface area contributed by atoms with E-state index in [4.69, 9.17) is 9.31 Å². The Kier molecular flexibility index (Phi) is 7.03. The van der Waals surface area contributed by atoms with Gasteiger partial charge in [0.25, 0.3) is 5.91 Å². The quantitative estimate of drug-likeness (QED) is 0.485. The average Bonchev–Trinajstić information content (AvgIpc) is 3.54. The van der Waals surface area contributed by atoms with E-state index in [1.807, 2.05) is 52.0 Å². The van der Waals surface area contributed by atoms with E-state index in [9.17, 15) is 9.59 Å². The maximum absolute atomic E-state index is 13.3. The third-order valence-corrected chi connectivity index (χ3v) is 7.30. The molecule has 36 heavy (non-hydrogen) atoms. The van der Waals surface area contributed by atoms with E-state index in [2.05, 4.69) is 20.0 Å². The number of methoxy groups -OCH3 is 1. The van der Waals surface area contributed by atoms with Crippen LogP contribution in [0.15, 0.2) is 41.7 Å². The Morgan fingerprint density at radius 1 is 1.14 bits per heavy atom. The number of aromatic nitrogens is 2. The lowest BCUT2D eigenvalue weighted by atomic mass is 9.79. The molecule has 4 rings (SSSR count). The van der Waals surface area contributed by atoms with Crippen LogP contribution in [0.1, 0.15) is 66.3 Å². The Balaban J connectivity index is 1.50. The van der Waals surface area contributed by atoms with Crippen molar-refractivity contribution >= 4 is 24.6 Å². The van der Waals surface area contributed by atoms with E-state index in [1.165, 1.54) is 7.11 Å². The summed E-state index contributed by atoms with van der Waals surface area (Å²) >= 11 is 0. The summed E-state index contributed by atoms with van der Waals surface area (Å²) in [6.45, 7) is 12.3. The molecule has 0 radical (unpaired) electrons. The Labute approximate surface area is 212 Å². The number of allylic oxidation sites excluding steroid dienone is 1. The molecule has 3 heterocycles. The highest BCUT2D eigenvalue weighted by molar-refractivity contribution is 6.62. The molecule has 2 aromatic rings. The van der Waals surface area contributed by atoms with Crippen molar-refractivity contribution in [2.24, 2.45) is 0 Å². The monoisotopic (exact) mass is 494 g/mol. The highest BCUT2D eigenvalue weighted by Gasteiger charge is 2.51. The van der Waals surface area contributed by atoms with Gasteiger partial charge < -0.3 is 23.9 Å². The number of rotatable bonds is 5. The van der Waals surface area contributed by atoms with Gasteiger partial charge in [0.1, 0.15) is 11.5 Å². The molecule has 10 heteroatoms. The minimum atomic E-state index is -0.667. The number of nitrogens with one attached hydrogen (secondary N) is 2. The molecular formula is C26H35BN4O5. The zero-order valence-electron chi connectivity index (χ0n) is 22.1. The van der Waals surface area contributed by atoms with Crippen LogP contribution < -0.4 is 10.8 Å². The summed E-state index contributed by atoms with van der Waals surface area (Å²) in [7, 11) is 0.857. The maximum Gasteiger partial charge on any atom is 0.494 e. The van der Waals surface area contributed by atoms with Crippen LogP contribution in [0, 0.1) is 0 Å². The van der Waals surface area contributed by atoms with Crippen molar-refractivity contribution in [3.8, 4) is 11.3 Å². The number of alkyl carbamates (subject to hydrolysis) is 1. The van der Waals surface area contributed by atoms with Crippen LogP contribution in [0.4, 0.5) is 4.79 Å². The van der Waals surface area contributed by atoms with Gasteiger partial charge in [-0.25, -0.2) is 9.78 Å². The molecule has 0 spiro atoms.